The maximum absolute atomic E-state index is 13.1. The summed E-state index contributed by atoms with van der Waals surface area (Å²) in [6, 6.07) is 9.64. The van der Waals surface area contributed by atoms with E-state index in [4.69, 9.17) is 23.2 Å². The fourth-order valence-electron chi connectivity index (χ4n) is 3.86. The first-order valence-corrected chi connectivity index (χ1v) is 10.2. The van der Waals surface area contributed by atoms with Gasteiger partial charge in [-0.25, -0.2) is 8.42 Å². The third-order valence-corrected chi connectivity index (χ3v) is 7.51. The summed E-state index contributed by atoms with van der Waals surface area (Å²) in [5.74, 6) is 0.119. The Bertz CT molecular complexity index is 1000. The van der Waals surface area contributed by atoms with E-state index >= 15 is 0 Å². The maximum atomic E-state index is 13.1. The van der Waals surface area contributed by atoms with Gasteiger partial charge in [0.25, 0.3) is 5.56 Å². The van der Waals surface area contributed by atoms with Crippen molar-refractivity contribution < 1.29 is 8.42 Å². The van der Waals surface area contributed by atoms with Crippen LogP contribution < -0.4 is 5.56 Å². The van der Waals surface area contributed by atoms with Crippen LogP contribution in [0.15, 0.2) is 46.1 Å². The molecule has 0 aliphatic carbocycles. The first kappa shape index (κ1) is 17.1. The van der Waals surface area contributed by atoms with E-state index in [2.05, 4.69) is 0 Å². The molecule has 0 spiro atoms. The molecule has 2 aliphatic heterocycles. The van der Waals surface area contributed by atoms with Crippen LogP contribution in [0.3, 0.4) is 0 Å². The molecule has 1 saturated heterocycles. The van der Waals surface area contributed by atoms with Crippen molar-refractivity contribution in [3.8, 4) is 0 Å². The maximum Gasteiger partial charge on any atom is 0.250 e. The first-order chi connectivity index (χ1) is 11.9. The van der Waals surface area contributed by atoms with E-state index in [1.165, 1.54) is 16.4 Å². The molecule has 2 bridgehead atoms. The number of rotatable bonds is 2. The van der Waals surface area contributed by atoms with E-state index in [0.717, 1.165) is 12.1 Å². The Morgan fingerprint density at radius 2 is 1.84 bits per heavy atom. The highest BCUT2D eigenvalue weighted by Crippen LogP contribution is 2.38. The molecule has 1 aromatic carbocycles. The van der Waals surface area contributed by atoms with E-state index < -0.39 is 10.0 Å². The van der Waals surface area contributed by atoms with Crippen LogP contribution in [-0.4, -0.2) is 30.4 Å². The second-order valence-electron chi connectivity index (χ2n) is 6.59. The standard InChI is InChI=1S/C17H16Cl2N2O3S/c18-13-4-5-14(19)16(7-13)25(23,24)20-8-11-6-12(10-20)15-2-1-3-17(22)21(15)9-11/h1-5,7,11-12H,6,8-10H2/t11-,12-/m0/s1. The van der Waals surface area contributed by atoms with Gasteiger partial charge in [0.2, 0.25) is 10.0 Å². The minimum Gasteiger partial charge on any atom is -0.312 e. The predicted octanol–water partition coefficient (Wildman–Crippen LogP) is 2.96. The van der Waals surface area contributed by atoms with Crippen LogP contribution in [0.5, 0.6) is 0 Å². The van der Waals surface area contributed by atoms with Gasteiger partial charge in [-0.05, 0) is 36.6 Å². The van der Waals surface area contributed by atoms with Gasteiger partial charge in [0.05, 0.1) is 5.02 Å². The molecule has 5 nitrogen and oxygen atoms in total. The van der Waals surface area contributed by atoms with Gasteiger partial charge in [-0.1, -0.05) is 29.3 Å². The van der Waals surface area contributed by atoms with Crippen LogP contribution in [0.2, 0.25) is 10.0 Å². The van der Waals surface area contributed by atoms with Crippen molar-refractivity contribution in [2.24, 2.45) is 5.92 Å². The molecule has 2 atom stereocenters. The van der Waals surface area contributed by atoms with Crippen molar-refractivity contribution >= 4 is 33.2 Å². The normalized spacial score (nSPS) is 23.3. The number of benzene rings is 1. The number of nitrogens with zero attached hydrogens (tertiary/aromatic N) is 2. The molecular formula is C17H16Cl2N2O3S. The Labute approximate surface area is 155 Å². The smallest absolute Gasteiger partial charge is 0.250 e. The number of pyridine rings is 1. The second kappa shape index (κ2) is 6.13. The zero-order valence-electron chi connectivity index (χ0n) is 13.2. The summed E-state index contributed by atoms with van der Waals surface area (Å²) in [5, 5.41) is 0.494. The number of hydrogen-bond donors (Lipinski definition) is 0. The molecule has 0 radical (unpaired) electrons. The average Bonchev–Trinajstić information content (AvgIpc) is 2.58. The number of sulfonamides is 1. The summed E-state index contributed by atoms with van der Waals surface area (Å²) in [7, 11) is -3.74. The number of hydrogen-bond acceptors (Lipinski definition) is 3. The van der Waals surface area contributed by atoms with Crippen LogP contribution in [0.4, 0.5) is 0 Å². The van der Waals surface area contributed by atoms with E-state index in [1.807, 2.05) is 6.07 Å². The highest BCUT2D eigenvalue weighted by atomic mass is 35.5. The summed E-state index contributed by atoms with van der Waals surface area (Å²) >= 11 is 12.1. The van der Waals surface area contributed by atoms with Crippen molar-refractivity contribution in [1.82, 2.24) is 8.87 Å². The molecule has 0 saturated carbocycles. The Morgan fingerprint density at radius 3 is 2.64 bits per heavy atom. The van der Waals surface area contributed by atoms with Gasteiger partial charge in [-0.2, -0.15) is 4.31 Å². The average molecular weight is 399 g/mol. The highest BCUT2D eigenvalue weighted by Gasteiger charge is 2.40. The fourth-order valence-corrected chi connectivity index (χ4v) is 6.16. The molecule has 8 heteroatoms. The monoisotopic (exact) mass is 398 g/mol. The van der Waals surface area contributed by atoms with Gasteiger partial charge >= 0.3 is 0 Å². The first-order valence-electron chi connectivity index (χ1n) is 8.01. The lowest BCUT2D eigenvalue weighted by atomic mass is 9.84. The van der Waals surface area contributed by atoms with Crippen LogP contribution >= 0.6 is 23.2 Å². The quantitative estimate of drug-likeness (QED) is 0.780. The zero-order chi connectivity index (χ0) is 17.8. The van der Waals surface area contributed by atoms with Crippen molar-refractivity contribution in [2.45, 2.75) is 23.8 Å². The molecule has 2 aliphatic rings. The molecule has 132 valence electrons. The SMILES string of the molecule is O=c1cccc2n1C[C@H]1C[C@H]2CN(S(=O)(=O)c2cc(Cl)ccc2Cl)C1. The second-order valence-corrected chi connectivity index (χ2v) is 9.34. The Balaban J connectivity index is 1.72. The summed E-state index contributed by atoms with van der Waals surface area (Å²) in [6.45, 7) is 1.26. The van der Waals surface area contributed by atoms with Crippen molar-refractivity contribution in [1.29, 1.82) is 0 Å². The number of piperidine rings is 1. The summed E-state index contributed by atoms with van der Waals surface area (Å²) in [5.41, 5.74) is 0.877. The van der Waals surface area contributed by atoms with Crippen LogP contribution in [0, 0.1) is 5.92 Å². The van der Waals surface area contributed by atoms with Crippen LogP contribution in [0.1, 0.15) is 18.0 Å². The minimum absolute atomic E-state index is 0.00846. The Kier molecular flexibility index (Phi) is 4.19. The largest absolute Gasteiger partial charge is 0.312 e. The molecule has 0 unspecified atom stereocenters. The summed E-state index contributed by atoms with van der Waals surface area (Å²) in [6.07, 6.45) is 0.888. The number of fused-ring (bicyclic) bond motifs is 4. The lowest BCUT2D eigenvalue weighted by molar-refractivity contribution is 0.186. The van der Waals surface area contributed by atoms with Gasteiger partial charge in [0.1, 0.15) is 4.90 Å². The molecular weight excluding hydrogens is 383 g/mol. The summed E-state index contributed by atoms with van der Waals surface area (Å²) in [4.78, 5) is 12.1. The molecule has 0 amide bonds. The molecule has 2 aromatic rings. The van der Waals surface area contributed by atoms with E-state index in [9.17, 15) is 13.2 Å². The van der Waals surface area contributed by atoms with Gasteiger partial charge in [0, 0.05) is 42.3 Å². The third-order valence-electron chi connectivity index (χ3n) is 4.96. The van der Waals surface area contributed by atoms with Crippen LogP contribution in [0.25, 0.3) is 0 Å². The lowest BCUT2D eigenvalue weighted by Gasteiger charge is -2.42. The van der Waals surface area contributed by atoms with Crippen molar-refractivity contribution in [2.75, 3.05) is 13.1 Å². The van der Waals surface area contributed by atoms with Crippen molar-refractivity contribution in [3.63, 3.8) is 0 Å². The van der Waals surface area contributed by atoms with Gasteiger partial charge in [0.15, 0.2) is 0 Å². The van der Waals surface area contributed by atoms with Gasteiger partial charge in [-0.15, -0.1) is 0 Å². The molecule has 0 N–H and O–H groups in total. The summed E-state index contributed by atoms with van der Waals surface area (Å²) < 4.78 is 29.4. The Morgan fingerprint density at radius 1 is 1.04 bits per heavy atom. The number of aromatic nitrogens is 1. The molecule has 3 heterocycles. The van der Waals surface area contributed by atoms with E-state index in [0.29, 0.717) is 24.7 Å². The minimum atomic E-state index is -3.74. The predicted molar refractivity (Wildman–Crippen MR) is 96.8 cm³/mol. The molecule has 4 rings (SSSR count). The molecule has 25 heavy (non-hydrogen) atoms. The van der Waals surface area contributed by atoms with Crippen LogP contribution in [-0.2, 0) is 16.6 Å². The van der Waals surface area contributed by atoms with E-state index in [-0.39, 0.29) is 27.3 Å². The Hall–Kier alpha value is -1.34. The van der Waals surface area contributed by atoms with Gasteiger partial charge < -0.3 is 4.57 Å². The van der Waals surface area contributed by atoms with E-state index in [1.54, 1.807) is 22.8 Å². The fraction of sp³-hybridized carbons (Fsp3) is 0.353. The zero-order valence-corrected chi connectivity index (χ0v) is 15.6. The van der Waals surface area contributed by atoms with Crippen molar-refractivity contribution in [3.05, 3.63) is 62.5 Å². The molecule has 1 fully saturated rings. The highest BCUT2D eigenvalue weighted by molar-refractivity contribution is 7.89. The lowest BCUT2D eigenvalue weighted by Crippen LogP contribution is -2.49. The van der Waals surface area contributed by atoms with Gasteiger partial charge in [-0.3, -0.25) is 4.79 Å². The number of halogens is 2. The molecule has 1 aromatic heterocycles. The third kappa shape index (κ3) is 2.91. The topological polar surface area (TPSA) is 59.4 Å².